The molecule has 1 aromatic rings. The molecule has 0 saturated carbocycles. The molecule has 2 rings (SSSR count). The highest BCUT2D eigenvalue weighted by Crippen LogP contribution is 2.30. The number of carbonyl (C=O) groups is 1. The zero-order valence-corrected chi connectivity index (χ0v) is 11.5. The van der Waals surface area contributed by atoms with Crippen LogP contribution in [0.2, 0.25) is 0 Å². The molecule has 0 spiro atoms. The Morgan fingerprint density at radius 1 is 1.26 bits per heavy atom. The Labute approximate surface area is 112 Å². The number of anilines is 1. The molecule has 0 aromatic heterocycles. The quantitative estimate of drug-likeness (QED) is 0.767. The van der Waals surface area contributed by atoms with Crippen LogP contribution in [0.1, 0.15) is 6.42 Å². The summed E-state index contributed by atoms with van der Waals surface area (Å²) in [6.07, 6.45) is 0.237. The molecule has 6 nitrogen and oxygen atoms in total. The van der Waals surface area contributed by atoms with E-state index in [0.717, 1.165) is 0 Å². The van der Waals surface area contributed by atoms with Gasteiger partial charge in [0.25, 0.3) is 0 Å². The molecule has 1 aromatic carbocycles. The van der Waals surface area contributed by atoms with Crippen LogP contribution < -0.4 is 9.04 Å². The number of hydrogen-bond acceptors (Lipinski definition) is 5. The van der Waals surface area contributed by atoms with Crippen LogP contribution in [0.5, 0.6) is 5.75 Å². The van der Waals surface area contributed by atoms with Gasteiger partial charge in [0.15, 0.2) is 5.25 Å². The fourth-order valence-electron chi connectivity index (χ4n) is 2.06. The zero-order chi connectivity index (χ0) is 14.0. The van der Waals surface area contributed by atoms with Gasteiger partial charge in [0.1, 0.15) is 5.75 Å². The Morgan fingerprint density at radius 3 is 2.42 bits per heavy atom. The molecule has 7 heteroatoms. The molecule has 0 aliphatic carbocycles. The van der Waals surface area contributed by atoms with Crippen molar-refractivity contribution in [2.75, 3.05) is 25.1 Å². The molecular formula is C12H15NO5S. The molecule has 1 aliphatic rings. The van der Waals surface area contributed by atoms with Crippen LogP contribution in [0.25, 0.3) is 0 Å². The van der Waals surface area contributed by atoms with Gasteiger partial charge in [-0.15, -0.1) is 0 Å². The standard InChI is InChI=1S/C12H15NO5S/c1-17-10-5-3-9(4-6-10)13-8-7-11(12(14)18-2)19(13,15)16/h3-6,11H,7-8H2,1-2H3. The molecule has 104 valence electrons. The topological polar surface area (TPSA) is 72.9 Å². The highest BCUT2D eigenvalue weighted by atomic mass is 32.2. The lowest BCUT2D eigenvalue weighted by molar-refractivity contribution is -0.140. The van der Waals surface area contributed by atoms with Crippen molar-refractivity contribution in [3.8, 4) is 5.75 Å². The molecule has 1 fully saturated rings. The van der Waals surface area contributed by atoms with Crippen LogP contribution in [0.3, 0.4) is 0 Å². The van der Waals surface area contributed by atoms with E-state index in [4.69, 9.17) is 4.74 Å². The summed E-state index contributed by atoms with van der Waals surface area (Å²) in [7, 11) is -0.969. The number of rotatable bonds is 3. The molecule has 0 radical (unpaired) electrons. The van der Waals surface area contributed by atoms with Crippen molar-refractivity contribution in [2.24, 2.45) is 0 Å². The molecule has 0 bridgehead atoms. The molecule has 1 atom stereocenters. The van der Waals surface area contributed by atoms with Crippen molar-refractivity contribution in [1.82, 2.24) is 0 Å². The minimum absolute atomic E-state index is 0.237. The van der Waals surface area contributed by atoms with Crippen LogP contribution in [-0.4, -0.2) is 40.4 Å². The van der Waals surface area contributed by atoms with E-state index < -0.39 is 21.2 Å². The van der Waals surface area contributed by atoms with Crippen molar-refractivity contribution in [3.05, 3.63) is 24.3 Å². The molecule has 1 saturated heterocycles. The normalized spacial score (nSPS) is 21.2. The van der Waals surface area contributed by atoms with E-state index in [1.165, 1.54) is 18.5 Å². The van der Waals surface area contributed by atoms with Crippen molar-refractivity contribution >= 4 is 21.7 Å². The smallest absolute Gasteiger partial charge is 0.326 e. The monoisotopic (exact) mass is 285 g/mol. The Kier molecular flexibility index (Phi) is 3.66. The SMILES string of the molecule is COC(=O)C1CCN(c2ccc(OC)cc2)S1(=O)=O. The third-order valence-corrected chi connectivity index (χ3v) is 5.24. The van der Waals surface area contributed by atoms with Crippen LogP contribution in [-0.2, 0) is 19.6 Å². The number of ether oxygens (including phenoxy) is 2. The fourth-order valence-corrected chi connectivity index (χ4v) is 3.89. The van der Waals surface area contributed by atoms with E-state index in [1.807, 2.05) is 0 Å². The van der Waals surface area contributed by atoms with Gasteiger partial charge in [0.05, 0.1) is 19.9 Å². The van der Waals surface area contributed by atoms with E-state index in [2.05, 4.69) is 4.74 Å². The minimum Gasteiger partial charge on any atom is -0.497 e. The predicted octanol–water partition coefficient (Wildman–Crippen LogP) is 0.777. The lowest BCUT2D eigenvalue weighted by Gasteiger charge is -2.18. The molecule has 19 heavy (non-hydrogen) atoms. The van der Waals surface area contributed by atoms with Gasteiger partial charge in [-0.05, 0) is 30.7 Å². The van der Waals surface area contributed by atoms with Gasteiger partial charge in [-0.25, -0.2) is 8.42 Å². The van der Waals surface area contributed by atoms with Gasteiger partial charge in [-0.1, -0.05) is 0 Å². The average molecular weight is 285 g/mol. The minimum atomic E-state index is -3.69. The summed E-state index contributed by atoms with van der Waals surface area (Å²) < 4.78 is 35.3. The van der Waals surface area contributed by atoms with E-state index in [1.54, 1.807) is 24.3 Å². The Balaban J connectivity index is 2.29. The molecule has 1 heterocycles. The Morgan fingerprint density at radius 2 is 1.89 bits per heavy atom. The molecule has 1 aliphatic heterocycles. The maximum absolute atomic E-state index is 12.2. The largest absolute Gasteiger partial charge is 0.497 e. The summed E-state index contributed by atoms with van der Waals surface area (Å²) in [5.41, 5.74) is 0.521. The summed E-state index contributed by atoms with van der Waals surface area (Å²) >= 11 is 0. The summed E-state index contributed by atoms with van der Waals surface area (Å²) in [5, 5.41) is -1.11. The predicted molar refractivity (Wildman–Crippen MR) is 69.7 cm³/mol. The summed E-state index contributed by atoms with van der Waals surface area (Å²) in [6.45, 7) is 0.272. The Bertz CT molecular complexity index is 566. The van der Waals surface area contributed by atoms with Crippen LogP contribution in [0.15, 0.2) is 24.3 Å². The second kappa shape index (κ2) is 5.08. The van der Waals surface area contributed by atoms with Gasteiger partial charge in [-0.2, -0.15) is 0 Å². The number of sulfonamides is 1. The van der Waals surface area contributed by atoms with E-state index in [-0.39, 0.29) is 13.0 Å². The van der Waals surface area contributed by atoms with E-state index >= 15 is 0 Å². The summed E-state index contributed by atoms with van der Waals surface area (Å²) in [6, 6.07) is 6.65. The number of hydrogen-bond donors (Lipinski definition) is 0. The number of benzene rings is 1. The molecule has 1 unspecified atom stereocenters. The third kappa shape index (κ3) is 2.37. The van der Waals surface area contributed by atoms with E-state index in [0.29, 0.717) is 11.4 Å². The van der Waals surface area contributed by atoms with Crippen LogP contribution in [0.4, 0.5) is 5.69 Å². The van der Waals surface area contributed by atoms with Crippen molar-refractivity contribution in [3.63, 3.8) is 0 Å². The number of methoxy groups -OCH3 is 2. The highest BCUT2D eigenvalue weighted by molar-refractivity contribution is 7.94. The molecular weight excluding hydrogens is 270 g/mol. The van der Waals surface area contributed by atoms with Gasteiger partial charge >= 0.3 is 5.97 Å². The van der Waals surface area contributed by atoms with Crippen LogP contribution in [0, 0.1) is 0 Å². The van der Waals surface area contributed by atoms with Gasteiger partial charge in [0.2, 0.25) is 10.0 Å². The fraction of sp³-hybridized carbons (Fsp3) is 0.417. The Hall–Kier alpha value is -1.76. The summed E-state index contributed by atoms with van der Waals surface area (Å²) in [5.74, 6) is -0.0686. The lowest BCUT2D eigenvalue weighted by atomic mass is 10.2. The first-order valence-electron chi connectivity index (χ1n) is 5.74. The number of esters is 1. The molecule has 0 N–H and O–H groups in total. The van der Waals surface area contributed by atoms with Crippen molar-refractivity contribution in [1.29, 1.82) is 0 Å². The zero-order valence-electron chi connectivity index (χ0n) is 10.7. The van der Waals surface area contributed by atoms with Crippen molar-refractivity contribution < 1.29 is 22.7 Å². The second-order valence-electron chi connectivity index (χ2n) is 4.12. The number of nitrogens with zero attached hydrogens (tertiary/aromatic N) is 1. The maximum Gasteiger partial charge on any atom is 0.326 e. The third-order valence-electron chi connectivity index (χ3n) is 3.09. The van der Waals surface area contributed by atoms with Gasteiger partial charge < -0.3 is 9.47 Å². The van der Waals surface area contributed by atoms with Crippen LogP contribution >= 0.6 is 0 Å². The maximum atomic E-state index is 12.2. The van der Waals surface area contributed by atoms with Crippen molar-refractivity contribution in [2.45, 2.75) is 11.7 Å². The first-order valence-corrected chi connectivity index (χ1v) is 7.24. The highest BCUT2D eigenvalue weighted by Gasteiger charge is 2.44. The van der Waals surface area contributed by atoms with Gasteiger partial charge in [0, 0.05) is 6.54 Å². The number of carbonyl (C=O) groups excluding carboxylic acids is 1. The average Bonchev–Trinajstić information content (AvgIpc) is 2.73. The van der Waals surface area contributed by atoms with Gasteiger partial charge in [-0.3, -0.25) is 9.10 Å². The molecule has 0 amide bonds. The first kappa shape index (κ1) is 13.7. The first-order chi connectivity index (χ1) is 9.00. The van der Waals surface area contributed by atoms with E-state index in [9.17, 15) is 13.2 Å². The summed E-state index contributed by atoms with van der Waals surface area (Å²) in [4.78, 5) is 11.5. The second-order valence-corrected chi connectivity index (χ2v) is 6.16. The lowest BCUT2D eigenvalue weighted by Crippen LogP contribution is -2.34.